The summed E-state index contributed by atoms with van der Waals surface area (Å²) < 4.78 is 13.1. The van der Waals surface area contributed by atoms with Crippen LogP contribution in [0.2, 0.25) is 5.02 Å². The van der Waals surface area contributed by atoms with Crippen LogP contribution in [-0.4, -0.2) is 21.1 Å². The molecule has 0 fully saturated rings. The fourth-order valence-electron chi connectivity index (χ4n) is 0.855. The molecule has 0 aromatic heterocycles. The van der Waals surface area contributed by atoms with E-state index in [0.717, 1.165) is 11.8 Å². The molecule has 0 bridgehead atoms. The van der Waals surface area contributed by atoms with Crippen molar-refractivity contribution >= 4 is 51.6 Å². The molecule has 7 heteroatoms. The Morgan fingerprint density at radius 2 is 2.31 bits per heavy atom. The van der Waals surface area contributed by atoms with Crippen LogP contribution in [0.15, 0.2) is 18.2 Å². The molecular formula is C9H7ClFNO2S2. The predicted octanol–water partition coefficient (Wildman–Crippen LogP) is 2.99. The van der Waals surface area contributed by atoms with Crippen LogP contribution in [0.3, 0.4) is 0 Å². The van der Waals surface area contributed by atoms with Crippen molar-refractivity contribution in [2.75, 3.05) is 11.1 Å². The number of thiocarbonyl (C=S) groups is 1. The van der Waals surface area contributed by atoms with Gasteiger partial charge in [0.2, 0.25) is 0 Å². The predicted molar refractivity (Wildman–Crippen MR) is 67.7 cm³/mol. The van der Waals surface area contributed by atoms with Gasteiger partial charge < -0.3 is 10.4 Å². The van der Waals surface area contributed by atoms with Gasteiger partial charge in [0.25, 0.3) is 0 Å². The number of hydrogen-bond donors (Lipinski definition) is 2. The van der Waals surface area contributed by atoms with Crippen molar-refractivity contribution in [3.63, 3.8) is 0 Å². The SMILES string of the molecule is O=C(O)CSC(=S)Nc1ccc(F)c(Cl)c1. The van der Waals surface area contributed by atoms with Gasteiger partial charge in [-0.05, 0) is 18.2 Å². The van der Waals surface area contributed by atoms with Crippen LogP contribution in [0.4, 0.5) is 10.1 Å². The molecule has 0 atom stereocenters. The van der Waals surface area contributed by atoms with Gasteiger partial charge >= 0.3 is 5.97 Å². The van der Waals surface area contributed by atoms with Gasteiger partial charge in [0, 0.05) is 5.69 Å². The maximum absolute atomic E-state index is 12.8. The highest BCUT2D eigenvalue weighted by molar-refractivity contribution is 8.23. The van der Waals surface area contributed by atoms with Crippen molar-refractivity contribution < 1.29 is 14.3 Å². The molecule has 0 aliphatic heterocycles. The summed E-state index contributed by atoms with van der Waals surface area (Å²) in [6.45, 7) is 0. The molecular weight excluding hydrogens is 273 g/mol. The Morgan fingerprint density at radius 1 is 1.62 bits per heavy atom. The highest BCUT2D eigenvalue weighted by Crippen LogP contribution is 2.20. The van der Waals surface area contributed by atoms with Crippen molar-refractivity contribution in [3.05, 3.63) is 29.0 Å². The molecule has 1 aromatic carbocycles. The largest absolute Gasteiger partial charge is 0.481 e. The Balaban J connectivity index is 2.56. The van der Waals surface area contributed by atoms with Crippen molar-refractivity contribution in [2.45, 2.75) is 0 Å². The molecule has 0 unspecified atom stereocenters. The smallest absolute Gasteiger partial charge is 0.313 e. The lowest BCUT2D eigenvalue weighted by molar-refractivity contribution is -0.133. The highest BCUT2D eigenvalue weighted by atomic mass is 35.5. The first kappa shape index (κ1) is 13.2. The summed E-state index contributed by atoms with van der Waals surface area (Å²) in [5, 5.41) is 11.2. The Morgan fingerprint density at radius 3 is 2.88 bits per heavy atom. The minimum atomic E-state index is -0.953. The molecule has 16 heavy (non-hydrogen) atoms. The molecule has 86 valence electrons. The van der Waals surface area contributed by atoms with Gasteiger partial charge in [0.1, 0.15) is 10.1 Å². The lowest BCUT2D eigenvalue weighted by Crippen LogP contribution is -2.08. The van der Waals surface area contributed by atoms with Crippen LogP contribution in [0.25, 0.3) is 0 Å². The molecule has 0 radical (unpaired) electrons. The van der Waals surface area contributed by atoms with Crippen LogP contribution >= 0.6 is 35.6 Å². The second-order valence-corrected chi connectivity index (χ2v) is 4.78. The summed E-state index contributed by atoms with van der Waals surface area (Å²) in [5.41, 5.74) is 0.522. The summed E-state index contributed by atoms with van der Waals surface area (Å²) >= 11 is 11.4. The van der Waals surface area contributed by atoms with Crippen molar-refractivity contribution in [1.82, 2.24) is 0 Å². The second-order valence-electron chi connectivity index (χ2n) is 2.72. The number of carboxylic acids is 1. The van der Waals surface area contributed by atoms with Gasteiger partial charge in [-0.3, -0.25) is 4.79 Å². The van der Waals surface area contributed by atoms with Gasteiger partial charge in [-0.15, -0.1) is 0 Å². The molecule has 0 saturated carbocycles. The van der Waals surface area contributed by atoms with Crippen LogP contribution in [-0.2, 0) is 4.79 Å². The second kappa shape index (κ2) is 6.03. The number of thioether (sulfide) groups is 1. The maximum Gasteiger partial charge on any atom is 0.313 e. The molecule has 1 rings (SSSR count). The van der Waals surface area contributed by atoms with Crippen molar-refractivity contribution in [1.29, 1.82) is 0 Å². The van der Waals surface area contributed by atoms with Gasteiger partial charge in [-0.1, -0.05) is 35.6 Å². The number of hydrogen-bond acceptors (Lipinski definition) is 3. The summed E-state index contributed by atoms with van der Waals surface area (Å²) in [7, 11) is 0. The number of benzene rings is 1. The van der Waals surface area contributed by atoms with E-state index in [9.17, 15) is 9.18 Å². The molecule has 3 nitrogen and oxygen atoms in total. The lowest BCUT2D eigenvalue weighted by atomic mass is 10.3. The third-order valence-corrected chi connectivity index (χ3v) is 2.99. The summed E-state index contributed by atoms with van der Waals surface area (Å²) in [6.07, 6.45) is 0. The highest BCUT2D eigenvalue weighted by Gasteiger charge is 2.05. The van der Waals surface area contributed by atoms with E-state index in [1.54, 1.807) is 0 Å². The quantitative estimate of drug-likeness (QED) is 0.833. The molecule has 0 saturated heterocycles. The number of nitrogens with one attached hydrogen (secondary N) is 1. The van der Waals surface area contributed by atoms with E-state index in [1.165, 1.54) is 18.2 Å². The van der Waals surface area contributed by atoms with Crippen LogP contribution in [0.5, 0.6) is 0 Å². The topological polar surface area (TPSA) is 49.3 Å². The monoisotopic (exact) mass is 279 g/mol. The van der Waals surface area contributed by atoms with Gasteiger partial charge in [-0.2, -0.15) is 0 Å². The Labute approximate surface area is 106 Å². The average molecular weight is 280 g/mol. The first-order valence-corrected chi connectivity index (χ1v) is 5.87. The van der Waals surface area contributed by atoms with E-state index in [1.807, 2.05) is 0 Å². The minimum absolute atomic E-state index is 0.0176. The van der Waals surface area contributed by atoms with E-state index < -0.39 is 11.8 Å². The first-order valence-electron chi connectivity index (χ1n) is 4.09. The Bertz CT molecular complexity index is 428. The standard InChI is InChI=1S/C9H7ClFNO2S2/c10-6-3-5(1-2-7(6)11)12-9(15)16-4-8(13)14/h1-3H,4H2,(H,12,15)(H,13,14). The number of halogens is 2. The Hall–Kier alpha value is -0.850. The van der Waals surface area contributed by atoms with Crippen LogP contribution in [0, 0.1) is 5.82 Å². The van der Waals surface area contributed by atoms with Crippen molar-refractivity contribution in [3.8, 4) is 0 Å². The number of carboxylic acid groups (broad SMARTS) is 1. The molecule has 0 heterocycles. The molecule has 0 amide bonds. The number of aliphatic carboxylic acids is 1. The zero-order valence-electron chi connectivity index (χ0n) is 7.87. The van der Waals surface area contributed by atoms with Gasteiger partial charge in [0.15, 0.2) is 0 Å². The molecule has 2 N–H and O–H groups in total. The average Bonchev–Trinajstić information content (AvgIpc) is 2.21. The van der Waals surface area contributed by atoms with Crippen molar-refractivity contribution in [2.24, 2.45) is 0 Å². The van der Waals surface area contributed by atoms with Crippen LogP contribution < -0.4 is 5.32 Å². The number of rotatable bonds is 3. The minimum Gasteiger partial charge on any atom is -0.481 e. The molecule has 0 aliphatic carbocycles. The zero-order valence-corrected chi connectivity index (χ0v) is 10.3. The summed E-state index contributed by atoms with van der Waals surface area (Å²) in [5.74, 6) is -1.59. The van der Waals surface area contributed by atoms with Gasteiger partial charge in [0.05, 0.1) is 10.8 Å². The van der Waals surface area contributed by atoms with E-state index in [-0.39, 0.29) is 10.8 Å². The Kier molecular flexibility index (Phi) is 4.98. The zero-order chi connectivity index (χ0) is 12.1. The fraction of sp³-hybridized carbons (Fsp3) is 0.111. The van der Waals surface area contributed by atoms with E-state index in [4.69, 9.17) is 28.9 Å². The maximum atomic E-state index is 12.8. The summed E-state index contributed by atoms with van der Waals surface area (Å²) in [6, 6.07) is 4.05. The van der Waals surface area contributed by atoms with E-state index in [2.05, 4.69) is 5.32 Å². The molecule has 0 spiro atoms. The summed E-state index contributed by atoms with van der Waals surface area (Å²) in [4.78, 5) is 10.3. The van der Waals surface area contributed by atoms with E-state index in [0.29, 0.717) is 10.0 Å². The van der Waals surface area contributed by atoms with E-state index >= 15 is 0 Å². The third kappa shape index (κ3) is 4.34. The lowest BCUT2D eigenvalue weighted by Gasteiger charge is -2.06. The van der Waals surface area contributed by atoms with Gasteiger partial charge in [-0.25, -0.2) is 4.39 Å². The third-order valence-electron chi connectivity index (χ3n) is 1.49. The fourth-order valence-corrected chi connectivity index (χ4v) is 1.77. The molecule has 0 aliphatic rings. The normalized spacial score (nSPS) is 9.88. The molecule has 1 aromatic rings. The number of carbonyl (C=O) groups is 1. The van der Waals surface area contributed by atoms with Crippen LogP contribution in [0.1, 0.15) is 0 Å². The number of anilines is 1. The first-order chi connectivity index (χ1) is 7.49.